The highest BCUT2D eigenvalue weighted by molar-refractivity contribution is 9.10. The number of thiocarbonyl (C=S) groups is 1. The van der Waals surface area contributed by atoms with Crippen LogP contribution in [0.25, 0.3) is 0 Å². The lowest BCUT2D eigenvalue weighted by atomic mass is 10.4. The van der Waals surface area contributed by atoms with E-state index in [1.54, 1.807) is 12.3 Å². The van der Waals surface area contributed by atoms with Crippen LogP contribution in [0.1, 0.15) is 10.5 Å². The lowest BCUT2D eigenvalue weighted by molar-refractivity contribution is -0.856. The molecule has 0 saturated heterocycles. The summed E-state index contributed by atoms with van der Waals surface area (Å²) in [5, 5.41) is 3.39. The zero-order valence-electron chi connectivity index (χ0n) is 10.3. The Bertz CT molecular complexity index is 420. The zero-order valence-corrected chi connectivity index (χ0v) is 12.7. The average molecular weight is 335 g/mol. The minimum Gasteiger partial charge on any atom is -0.356 e. The van der Waals surface area contributed by atoms with Crippen LogP contribution in [0.5, 0.6) is 0 Å². The molecule has 0 spiro atoms. The Morgan fingerprint density at radius 3 is 2.78 bits per heavy atom. The summed E-state index contributed by atoms with van der Waals surface area (Å²) in [6, 6.07) is 1.68. The molecule has 0 aliphatic rings. The predicted molar refractivity (Wildman–Crippen MR) is 77.4 cm³/mol. The zero-order chi connectivity index (χ0) is 13.5. The van der Waals surface area contributed by atoms with E-state index in [0.717, 1.165) is 17.6 Å². The van der Waals surface area contributed by atoms with Crippen molar-refractivity contribution in [2.45, 2.75) is 0 Å². The predicted octanol–water partition coefficient (Wildman–Crippen LogP) is -0.969. The first kappa shape index (κ1) is 14.9. The molecule has 0 aliphatic heterocycles. The van der Waals surface area contributed by atoms with Crippen molar-refractivity contribution in [3.63, 3.8) is 0 Å². The van der Waals surface area contributed by atoms with Gasteiger partial charge in [0.05, 0.1) is 27.2 Å². The molecule has 0 bridgehead atoms. The molecule has 0 unspecified atom stereocenters. The molecule has 1 amide bonds. The average Bonchev–Trinajstić information content (AvgIpc) is 2.72. The number of halogens is 1. The van der Waals surface area contributed by atoms with Gasteiger partial charge in [0, 0.05) is 10.7 Å². The highest BCUT2D eigenvalue weighted by Gasteiger charge is 2.07. The molecule has 0 fully saturated rings. The molecule has 0 aliphatic carbocycles. The van der Waals surface area contributed by atoms with Gasteiger partial charge in [-0.15, -0.1) is 0 Å². The topological polar surface area (TPSA) is 73.4 Å². The van der Waals surface area contributed by atoms with Crippen LogP contribution >= 0.6 is 28.1 Å². The van der Waals surface area contributed by atoms with Gasteiger partial charge in [0.2, 0.25) is 0 Å². The largest absolute Gasteiger partial charge is 0.356 e. The third-order valence-corrected chi connectivity index (χ3v) is 2.80. The van der Waals surface area contributed by atoms with Crippen molar-refractivity contribution in [1.82, 2.24) is 21.2 Å². The van der Waals surface area contributed by atoms with Crippen LogP contribution in [0.4, 0.5) is 0 Å². The molecule has 5 N–H and O–H groups in total. The monoisotopic (exact) mass is 334 g/mol. The van der Waals surface area contributed by atoms with Gasteiger partial charge >= 0.3 is 0 Å². The number of rotatable bonds is 4. The van der Waals surface area contributed by atoms with Crippen LogP contribution in [0.2, 0.25) is 0 Å². The third-order valence-electron chi connectivity index (χ3n) is 2.09. The highest BCUT2D eigenvalue weighted by Crippen LogP contribution is 2.09. The molecule has 18 heavy (non-hydrogen) atoms. The maximum atomic E-state index is 11.6. The summed E-state index contributed by atoms with van der Waals surface area (Å²) in [5.41, 5.74) is 5.59. The van der Waals surface area contributed by atoms with Crippen molar-refractivity contribution in [1.29, 1.82) is 0 Å². The maximum Gasteiger partial charge on any atom is 0.286 e. The molecule has 1 rings (SSSR count). The van der Waals surface area contributed by atoms with Crippen LogP contribution in [0.3, 0.4) is 0 Å². The van der Waals surface area contributed by atoms with Crippen LogP contribution in [0, 0.1) is 0 Å². The molecule has 0 radical (unpaired) electrons. The van der Waals surface area contributed by atoms with E-state index in [9.17, 15) is 4.79 Å². The molecular formula is C10H17BrN5OS+. The second-order valence-electron chi connectivity index (χ2n) is 4.02. The fourth-order valence-corrected chi connectivity index (χ4v) is 1.65. The van der Waals surface area contributed by atoms with Crippen molar-refractivity contribution >= 4 is 39.2 Å². The molecule has 8 heteroatoms. The summed E-state index contributed by atoms with van der Waals surface area (Å²) in [7, 11) is 4.12. The van der Waals surface area contributed by atoms with Crippen molar-refractivity contribution < 1.29 is 9.69 Å². The molecule has 0 saturated carbocycles. The summed E-state index contributed by atoms with van der Waals surface area (Å²) in [4.78, 5) is 15.8. The molecule has 6 nitrogen and oxygen atoms in total. The number of aromatic nitrogens is 1. The van der Waals surface area contributed by atoms with Crippen molar-refractivity contribution in [3.8, 4) is 0 Å². The number of hydrogen-bond donors (Lipinski definition) is 5. The Morgan fingerprint density at radius 2 is 2.22 bits per heavy atom. The van der Waals surface area contributed by atoms with Gasteiger partial charge in [-0.2, -0.15) is 0 Å². The number of hydrogen-bond acceptors (Lipinski definition) is 2. The lowest BCUT2D eigenvalue weighted by Gasteiger charge is -2.12. The highest BCUT2D eigenvalue weighted by atomic mass is 79.9. The van der Waals surface area contributed by atoms with E-state index < -0.39 is 0 Å². The van der Waals surface area contributed by atoms with E-state index in [2.05, 4.69) is 51.2 Å². The number of hydrazine groups is 1. The van der Waals surface area contributed by atoms with E-state index in [1.807, 2.05) is 0 Å². The van der Waals surface area contributed by atoms with Gasteiger partial charge in [-0.1, -0.05) is 0 Å². The summed E-state index contributed by atoms with van der Waals surface area (Å²) < 4.78 is 0.822. The number of H-pyrrole nitrogens is 1. The fourth-order valence-electron chi connectivity index (χ4n) is 1.15. The van der Waals surface area contributed by atoms with Gasteiger partial charge < -0.3 is 15.2 Å². The number of likely N-dealkylation sites (N-methyl/N-ethyl adjacent to an activating group) is 1. The van der Waals surface area contributed by atoms with Gasteiger partial charge in [-0.25, -0.2) is 0 Å². The van der Waals surface area contributed by atoms with Gasteiger partial charge in [-0.3, -0.25) is 15.6 Å². The molecule has 1 aromatic rings. The second-order valence-corrected chi connectivity index (χ2v) is 5.35. The maximum absolute atomic E-state index is 11.6. The Balaban J connectivity index is 2.24. The first-order chi connectivity index (χ1) is 8.49. The van der Waals surface area contributed by atoms with Gasteiger partial charge in [0.15, 0.2) is 5.11 Å². The Hall–Kier alpha value is -1.12. The molecule has 1 heterocycles. The number of quaternary nitrogens is 1. The van der Waals surface area contributed by atoms with Crippen molar-refractivity contribution in [2.24, 2.45) is 0 Å². The van der Waals surface area contributed by atoms with Gasteiger partial charge in [-0.05, 0) is 34.2 Å². The summed E-state index contributed by atoms with van der Waals surface area (Å²) in [6.07, 6.45) is 1.69. The van der Waals surface area contributed by atoms with Crippen LogP contribution in [0.15, 0.2) is 16.7 Å². The van der Waals surface area contributed by atoms with E-state index >= 15 is 0 Å². The first-order valence-corrected chi connectivity index (χ1v) is 6.66. The molecule has 0 atom stereocenters. The van der Waals surface area contributed by atoms with E-state index in [1.165, 1.54) is 4.90 Å². The Kier molecular flexibility index (Phi) is 6.10. The second kappa shape index (κ2) is 7.34. The van der Waals surface area contributed by atoms with Crippen LogP contribution in [-0.4, -0.2) is 43.2 Å². The molecule has 100 valence electrons. The van der Waals surface area contributed by atoms with Crippen LogP contribution < -0.4 is 21.1 Å². The van der Waals surface area contributed by atoms with E-state index in [-0.39, 0.29) is 5.91 Å². The number of nitrogens with one attached hydrogen (secondary N) is 5. The summed E-state index contributed by atoms with van der Waals surface area (Å²) in [6.45, 7) is 1.69. The number of carbonyl (C=O) groups excluding carboxylic acids is 1. The summed E-state index contributed by atoms with van der Waals surface area (Å²) >= 11 is 8.27. The SMILES string of the molecule is C[NH+](C)CCNC(=S)NNC(=O)c1cc(Br)c[nH]1. The number of amides is 1. The lowest BCUT2D eigenvalue weighted by Crippen LogP contribution is -3.06. The molecular weight excluding hydrogens is 318 g/mol. The van der Waals surface area contributed by atoms with Gasteiger partial charge in [0.1, 0.15) is 5.69 Å². The van der Waals surface area contributed by atoms with Crippen LogP contribution in [-0.2, 0) is 0 Å². The van der Waals surface area contributed by atoms with Crippen molar-refractivity contribution in [3.05, 3.63) is 22.4 Å². The number of carbonyl (C=O) groups is 1. The van der Waals surface area contributed by atoms with Crippen molar-refractivity contribution in [2.75, 3.05) is 27.2 Å². The first-order valence-electron chi connectivity index (χ1n) is 5.46. The Labute approximate surface area is 120 Å². The fraction of sp³-hybridized carbons (Fsp3) is 0.400. The van der Waals surface area contributed by atoms with E-state index in [0.29, 0.717) is 10.8 Å². The number of aromatic amines is 1. The Morgan fingerprint density at radius 1 is 1.50 bits per heavy atom. The van der Waals surface area contributed by atoms with E-state index in [4.69, 9.17) is 12.2 Å². The third kappa shape index (κ3) is 5.48. The molecule has 1 aromatic heterocycles. The smallest absolute Gasteiger partial charge is 0.286 e. The van der Waals surface area contributed by atoms with Gasteiger partial charge in [0.25, 0.3) is 5.91 Å². The normalized spacial score (nSPS) is 10.2. The standard InChI is InChI=1S/C10H16BrN5OS/c1-16(2)4-3-12-10(18)15-14-9(17)8-5-7(11)6-13-8/h5-6,13H,3-4H2,1-2H3,(H,14,17)(H2,12,15,18)/p+1. The minimum absolute atomic E-state index is 0.275. The molecule has 0 aromatic carbocycles. The quantitative estimate of drug-likeness (QED) is 0.363. The minimum atomic E-state index is -0.275. The summed E-state index contributed by atoms with van der Waals surface area (Å²) in [5.74, 6) is -0.275.